The van der Waals surface area contributed by atoms with Crippen LogP contribution in [-0.4, -0.2) is 30.6 Å². The van der Waals surface area contributed by atoms with Crippen molar-refractivity contribution >= 4 is 17.6 Å². The van der Waals surface area contributed by atoms with Crippen LogP contribution in [0.2, 0.25) is 0 Å². The molecule has 0 amide bonds. The van der Waals surface area contributed by atoms with Crippen LogP contribution in [0, 0.1) is 0 Å². The Morgan fingerprint density at radius 1 is 1.21 bits per heavy atom. The Morgan fingerprint density at radius 2 is 1.97 bits per heavy atom. The second-order valence-electron chi connectivity index (χ2n) is 7.80. The van der Waals surface area contributed by atoms with Gasteiger partial charge >= 0.3 is 5.97 Å². The molecule has 0 bridgehead atoms. The van der Waals surface area contributed by atoms with Gasteiger partial charge in [0.05, 0.1) is 13.2 Å². The Kier molecular flexibility index (Phi) is 5.50. The molecule has 0 unspecified atom stereocenters. The molecule has 4 rings (SSSR count). The molecular formula is C26H27NO2. The molecule has 1 aliphatic heterocycles. The van der Waals surface area contributed by atoms with E-state index in [0.29, 0.717) is 6.04 Å². The first-order chi connectivity index (χ1) is 14.1. The number of methoxy groups -OCH3 is 1. The maximum atomic E-state index is 11.4. The first kappa shape index (κ1) is 19.4. The maximum absolute atomic E-state index is 11.4. The lowest BCUT2D eigenvalue weighted by Crippen LogP contribution is -2.41. The molecule has 3 heteroatoms. The van der Waals surface area contributed by atoms with Crippen LogP contribution in [-0.2, 0) is 16.0 Å². The van der Waals surface area contributed by atoms with E-state index in [-0.39, 0.29) is 12.0 Å². The van der Waals surface area contributed by atoms with Crippen LogP contribution >= 0.6 is 0 Å². The van der Waals surface area contributed by atoms with E-state index >= 15 is 0 Å². The molecular weight excluding hydrogens is 358 g/mol. The van der Waals surface area contributed by atoms with Crippen molar-refractivity contribution < 1.29 is 9.53 Å². The second kappa shape index (κ2) is 8.22. The monoisotopic (exact) mass is 385 g/mol. The highest BCUT2D eigenvalue weighted by Crippen LogP contribution is 2.48. The van der Waals surface area contributed by atoms with Crippen LogP contribution < -0.4 is 0 Å². The highest BCUT2D eigenvalue weighted by molar-refractivity contribution is 5.87. The van der Waals surface area contributed by atoms with Crippen LogP contribution in [0.1, 0.15) is 41.6 Å². The Bertz CT molecular complexity index is 984. The fraction of sp³-hybridized carbons (Fsp3) is 0.269. The van der Waals surface area contributed by atoms with Gasteiger partial charge in [-0.25, -0.2) is 4.79 Å². The number of carbonyl (C=O) groups is 1. The van der Waals surface area contributed by atoms with Crippen LogP contribution in [0.25, 0.3) is 11.6 Å². The summed E-state index contributed by atoms with van der Waals surface area (Å²) in [5, 5.41) is 0. The Labute approximate surface area is 173 Å². The molecule has 148 valence electrons. The molecule has 0 aromatic heterocycles. The van der Waals surface area contributed by atoms with Crippen molar-refractivity contribution in [2.24, 2.45) is 0 Å². The van der Waals surface area contributed by atoms with Crippen molar-refractivity contribution in [2.45, 2.75) is 31.8 Å². The molecule has 0 N–H and O–H groups in total. The summed E-state index contributed by atoms with van der Waals surface area (Å²) >= 11 is 0. The molecule has 0 saturated heterocycles. The fourth-order valence-corrected chi connectivity index (χ4v) is 4.67. The molecule has 29 heavy (non-hydrogen) atoms. The average Bonchev–Trinajstić information content (AvgIpc) is 3.11. The molecule has 0 spiro atoms. The lowest BCUT2D eigenvalue weighted by Gasteiger charge is -2.42. The average molecular weight is 386 g/mol. The van der Waals surface area contributed by atoms with E-state index < -0.39 is 0 Å². The van der Waals surface area contributed by atoms with Crippen molar-refractivity contribution in [3.05, 3.63) is 95.1 Å². The number of hydrogen-bond acceptors (Lipinski definition) is 3. The van der Waals surface area contributed by atoms with E-state index in [4.69, 9.17) is 0 Å². The lowest BCUT2D eigenvalue weighted by molar-refractivity contribution is -0.134. The second-order valence-corrected chi connectivity index (χ2v) is 7.80. The number of ether oxygens (including phenoxy) is 1. The van der Waals surface area contributed by atoms with E-state index in [9.17, 15) is 4.79 Å². The van der Waals surface area contributed by atoms with Gasteiger partial charge in [-0.15, -0.1) is 6.58 Å². The SMILES string of the molecule is C=CCN1[C@H](C)CC2=C(Cc3ccccc32)[C@@H]1c1ccc(/C=C/C(=O)OC)cc1. The minimum absolute atomic E-state index is 0.248. The molecule has 0 fully saturated rings. The van der Waals surface area contributed by atoms with Crippen LogP contribution in [0.4, 0.5) is 0 Å². The normalized spacial score (nSPS) is 21.2. The first-order valence-electron chi connectivity index (χ1n) is 10.1. The number of hydrogen-bond donors (Lipinski definition) is 0. The number of carbonyl (C=O) groups excluding carboxylic acids is 1. The van der Waals surface area contributed by atoms with Crippen LogP contribution in [0.5, 0.6) is 0 Å². The minimum atomic E-state index is -0.342. The Balaban J connectivity index is 1.71. The number of esters is 1. The molecule has 2 aliphatic rings. The number of nitrogens with zero attached hydrogens (tertiary/aromatic N) is 1. The van der Waals surface area contributed by atoms with Gasteiger partial charge in [-0.05, 0) is 59.2 Å². The summed E-state index contributed by atoms with van der Waals surface area (Å²) in [6.45, 7) is 7.17. The zero-order valence-electron chi connectivity index (χ0n) is 17.1. The maximum Gasteiger partial charge on any atom is 0.330 e. The largest absolute Gasteiger partial charge is 0.466 e. The molecule has 0 saturated carbocycles. The van der Waals surface area contributed by atoms with E-state index in [1.54, 1.807) is 6.08 Å². The first-order valence-corrected chi connectivity index (χ1v) is 10.1. The smallest absolute Gasteiger partial charge is 0.330 e. The van der Waals surface area contributed by atoms with Crippen molar-refractivity contribution in [2.75, 3.05) is 13.7 Å². The molecule has 2 aromatic rings. The van der Waals surface area contributed by atoms with Gasteiger partial charge in [-0.2, -0.15) is 0 Å². The molecule has 2 atom stereocenters. The van der Waals surface area contributed by atoms with Gasteiger partial charge in [0.15, 0.2) is 0 Å². The van der Waals surface area contributed by atoms with Gasteiger partial charge in [0.1, 0.15) is 0 Å². The van der Waals surface area contributed by atoms with Crippen molar-refractivity contribution in [1.82, 2.24) is 4.90 Å². The van der Waals surface area contributed by atoms with Gasteiger partial charge in [0, 0.05) is 18.7 Å². The van der Waals surface area contributed by atoms with Crippen LogP contribution in [0.3, 0.4) is 0 Å². The standard InChI is InChI=1S/C26H27NO2/c1-4-15-27-18(2)16-23-22-8-6-5-7-21(22)17-24(23)26(27)20-12-9-19(10-13-20)11-14-25(28)29-3/h4-14,18,26H,1,15-17H2,2-3H3/b14-11+/t18-,26+/m1/s1. The Hall–Kier alpha value is -2.91. The zero-order valence-corrected chi connectivity index (χ0v) is 17.1. The summed E-state index contributed by atoms with van der Waals surface area (Å²) in [6.07, 6.45) is 7.34. The quantitative estimate of drug-likeness (QED) is 0.402. The third-order valence-electron chi connectivity index (χ3n) is 6.04. The van der Waals surface area contributed by atoms with Gasteiger partial charge < -0.3 is 4.74 Å². The summed E-state index contributed by atoms with van der Waals surface area (Å²) in [5.74, 6) is -0.342. The fourth-order valence-electron chi connectivity index (χ4n) is 4.67. The molecule has 3 nitrogen and oxygen atoms in total. The number of rotatable bonds is 5. The summed E-state index contributed by atoms with van der Waals surface area (Å²) < 4.78 is 4.67. The van der Waals surface area contributed by atoms with Gasteiger partial charge in [0.2, 0.25) is 0 Å². The van der Waals surface area contributed by atoms with Gasteiger partial charge in [0.25, 0.3) is 0 Å². The minimum Gasteiger partial charge on any atom is -0.466 e. The predicted molar refractivity (Wildman–Crippen MR) is 118 cm³/mol. The number of fused-ring (bicyclic) bond motifs is 2. The Morgan fingerprint density at radius 3 is 2.69 bits per heavy atom. The van der Waals surface area contributed by atoms with E-state index in [1.807, 2.05) is 6.08 Å². The topological polar surface area (TPSA) is 29.5 Å². The summed E-state index contributed by atoms with van der Waals surface area (Å²) in [4.78, 5) is 13.9. The molecule has 0 radical (unpaired) electrons. The van der Waals surface area contributed by atoms with Crippen molar-refractivity contribution in [1.29, 1.82) is 0 Å². The van der Waals surface area contributed by atoms with Crippen molar-refractivity contribution in [3.63, 3.8) is 0 Å². The van der Waals surface area contributed by atoms with E-state index in [0.717, 1.165) is 24.9 Å². The van der Waals surface area contributed by atoms with Crippen molar-refractivity contribution in [3.8, 4) is 0 Å². The molecule has 1 aliphatic carbocycles. The summed E-state index contributed by atoms with van der Waals surface area (Å²) in [5.41, 5.74) is 8.18. The highest BCUT2D eigenvalue weighted by Gasteiger charge is 2.38. The molecule has 1 heterocycles. The van der Waals surface area contributed by atoms with E-state index in [2.05, 4.69) is 71.7 Å². The van der Waals surface area contributed by atoms with Gasteiger partial charge in [-0.3, -0.25) is 4.90 Å². The van der Waals surface area contributed by atoms with E-state index in [1.165, 1.54) is 41.0 Å². The number of benzene rings is 2. The predicted octanol–water partition coefficient (Wildman–Crippen LogP) is 5.20. The van der Waals surface area contributed by atoms with Gasteiger partial charge in [-0.1, -0.05) is 54.6 Å². The summed E-state index contributed by atoms with van der Waals surface area (Å²) in [7, 11) is 1.39. The third kappa shape index (κ3) is 3.70. The third-order valence-corrected chi connectivity index (χ3v) is 6.04. The molecule has 2 aromatic carbocycles. The van der Waals surface area contributed by atoms with Crippen LogP contribution in [0.15, 0.2) is 72.8 Å². The lowest BCUT2D eigenvalue weighted by atomic mass is 9.85. The summed E-state index contributed by atoms with van der Waals surface area (Å²) in [6, 6.07) is 18.0. The highest BCUT2D eigenvalue weighted by atomic mass is 16.5. The zero-order chi connectivity index (χ0) is 20.4.